The summed E-state index contributed by atoms with van der Waals surface area (Å²) in [5.74, 6) is 0.391. The van der Waals surface area contributed by atoms with E-state index in [2.05, 4.69) is 16.7 Å². The molecule has 2 aromatic carbocycles. The minimum Gasteiger partial charge on any atom is -0.468 e. The summed E-state index contributed by atoms with van der Waals surface area (Å²) in [6.07, 6.45) is -0.317. The number of carbonyl (C=O) groups is 1. The molecule has 1 fully saturated rings. The maximum Gasteiger partial charge on any atom is 0.323 e. The van der Waals surface area contributed by atoms with E-state index in [-0.39, 0.29) is 18.3 Å². The molecule has 2 heterocycles. The molecule has 4 unspecified atom stereocenters. The van der Waals surface area contributed by atoms with E-state index < -0.39 is 42.7 Å². The van der Waals surface area contributed by atoms with Gasteiger partial charge in [0.05, 0.1) is 13.7 Å². The van der Waals surface area contributed by atoms with Gasteiger partial charge in [-0.1, -0.05) is 43.0 Å². The summed E-state index contributed by atoms with van der Waals surface area (Å²) in [6, 6.07) is 12.2. The highest BCUT2D eigenvalue weighted by Gasteiger charge is 2.55. The molecule has 2 aliphatic rings. The lowest BCUT2D eigenvalue weighted by Gasteiger charge is -2.35. The average Bonchev–Trinajstić information content (AvgIpc) is 3.10. The van der Waals surface area contributed by atoms with Crippen molar-refractivity contribution in [2.24, 2.45) is 10.7 Å². The van der Waals surface area contributed by atoms with E-state index in [0.717, 1.165) is 10.8 Å². The van der Waals surface area contributed by atoms with E-state index in [4.69, 9.17) is 36.1 Å². The second kappa shape index (κ2) is 11.1. The molecule has 0 amide bonds. The van der Waals surface area contributed by atoms with Crippen LogP contribution in [-0.4, -0.2) is 70.7 Å². The molecule has 4 rings (SSSR count). The van der Waals surface area contributed by atoms with Crippen molar-refractivity contribution in [3.05, 3.63) is 67.1 Å². The molecule has 5 N–H and O–H groups in total. The van der Waals surface area contributed by atoms with Crippen molar-refractivity contribution in [2.75, 3.05) is 13.7 Å². The minimum atomic E-state index is -3.44. The molecule has 0 radical (unpaired) electrons. The van der Waals surface area contributed by atoms with Crippen LogP contribution in [0.1, 0.15) is 13.8 Å². The number of rotatable bonds is 9. The van der Waals surface area contributed by atoms with E-state index in [9.17, 15) is 15.0 Å². The van der Waals surface area contributed by atoms with Gasteiger partial charge in [0.2, 0.25) is 0 Å². The van der Waals surface area contributed by atoms with Crippen molar-refractivity contribution in [2.45, 2.75) is 43.9 Å². The summed E-state index contributed by atoms with van der Waals surface area (Å²) < 4.78 is 23.1. The molecule has 2 aromatic rings. The maximum atomic E-state index is 12.2. The first kappa shape index (κ1) is 28.2. The van der Waals surface area contributed by atoms with Gasteiger partial charge in [0.25, 0.3) is 0 Å². The van der Waals surface area contributed by atoms with Crippen LogP contribution in [-0.2, 0) is 30.6 Å². The molecular weight excluding hydrogens is 531 g/mol. The zero-order valence-electron chi connectivity index (χ0n) is 21.2. The van der Waals surface area contributed by atoms with Crippen molar-refractivity contribution in [3.63, 3.8) is 0 Å². The highest BCUT2D eigenvalue weighted by molar-refractivity contribution is 8.09. The standard InChI is InChI=1S/C25H31N4O7PS/c1-15(23(31)33-4)28-37(38,36-19-11-7-9-17-8-5-6-10-18(17)19)34-14-20-22(30)25(3,32)24(35-20)29-13-12-21(26)27-16(29)2/h5-13,15,20,22,24,30,32H,2,14H2,1,3-4H3,(H2,26,27)(H,28,38)/t15?,20-,22?,24-,25?,37?/m1/s1. The lowest BCUT2D eigenvalue weighted by molar-refractivity contribution is -0.142. The highest BCUT2D eigenvalue weighted by Crippen LogP contribution is 2.48. The monoisotopic (exact) mass is 562 g/mol. The van der Waals surface area contributed by atoms with Crippen LogP contribution in [0.2, 0.25) is 0 Å². The summed E-state index contributed by atoms with van der Waals surface area (Å²) >= 11 is 5.79. The SMILES string of the molecule is C=C1N=C(N)C=CN1[C@@H]1O[C@H](COP(=S)(NC(C)C(=O)OC)Oc2cccc3ccccc23)C(O)C1(C)O. The first-order chi connectivity index (χ1) is 17.9. The fourth-order valence-corrected chi connectivity index (χ4v) is 6.63. The fourth-order valence-electron chi connectivity index (χ4n) is 4.21. The Bertz CT molecular complexity index is 1330. The van der Waals surface area contributed by atoms with Crippen molar-refractivity contribution >= 4 is 41.0 Å². The van der Waals surface area contributed by atoms with E-state index >= 15 is 0 Å². The predicted octanol–water partition coefficient (Wildman–Crippen LogP) is 2.11. The van der Waals surface area contributed by atoms with Crippen molar-refractivity contribution in [3.8, 4) is 5.75 Å². The number of nitrogens with zero attached hydrogens (tertiary/aromatic N) is 2. The summed E-state index contributed by atoms with van der Waals surface area (Å²) in [4.78, 5) is 17.7. The van der Waals surface area contributed by atoms with Crippen molar-refractivity contribution in [1.29, 1.82) is 0 Å². The number of aliphatic hydroxyl groups excluding tert-OH is 1. The number of aliphatic imine (C=N–C) groups is 1. The van der Waals surface area contributed by atoms with Gasteiger partial charge in [-0.25, -0.2) is 10.1 Å². The number of ether oxygens (including phenoxy) is 2. The number of aliphatic hydroxyl groups is 2. The van der Waals surface area contributed by atoms with Gasteiger partial charge in [0.1, 0.15) is 41.3 Å². The quantitative estimate of drug-likeness (QED) is 0.263. The normalized spacial score (nSPS) is 27.6. The fraction of sp³-hybridized carbons (Fsp3) is 0.360. The summed E-state index contributed by atoms with van der Waals surface area (Å²) in [7, 11) is 1.27. The number of methoxy groups -OCH3 is 1. The second-order valence-corrected chi connectivity index (χ2v) is 12.2. The van der Waals surface area contributed by atoms with Crippen LogP contribution >= 0.6 is 6.64 Å². The zero-order chi connectivity index (χ0) is 27.7. The minimum absolute atomic E-state index is 0.238. The zero-order valence-corrected chi connectivity index (χ0v) is 22.9. The largest absolute Gasteiger partial charge is 0.468 e. The molecule has 0 aromatic heterocycles. The molecule has 38 heavy (non-hydrogen) atoms. The van der Waals surface area contributed by atoms with Crippen LogP contribution < -0.4 is 15.3 Å². The Morgan fingerprint density at radius 1 is 1.37 bits per heavy atom. The van der Waals surface area contributed by atoms with Crippen molar-refractivity contribution in [1.82, 2.24) is 9.99 Å². The van der Waals surface area contributed by atoms with Gasteiger partial charge < -0.3 is 39.4 Å². The molecule has 0 saturated carbocycles. The third-order valence-corrected chi connectivity index (χ3v) is 8.74. The Kier molecular flexibility index (Phi) is 8.24. The molecule has 6 atom stereocenters. The van der Waals surface area contributed by atoms with E-state index in [1.807, 2.05) is 36.4 Å². The van der Waals surface area contributed by atoms with Crippen LogP contribution in [0.3, 0.4) is 0 Å². The van der Waals surface area contributed by atoms with Gasteiger partial charge in [-0.15, -0.1) is 0 Å². The molecule has 0 aliphatic carbocycles. The molecule has 0 spiro atoms. The first-order valence-corrected chi connectivity index (χ1v) is 14.4. The summed E-state index contributed by atoms with van der Waals surface area (Å²) in [5.41, 5.74) is 3.99. The summed E-state index contributed by atoms with van der Waals surface area (Å²) in [6.45, 7) is 3.16. The Labute approximate surface area is 225 Å². The van der Waals surface area contributed by atoms with Gasteiger partial charge in [-0.05, 0) is 43.2 Å². The van der Waals surface area contributed by atoms with Crippen LogP contribution in [0.15, 0.2) is 72.1 Å². The number of benzene rings is 2. The number of fused-ring (bicyclic) bond motifs is 1. The van der Waals surface area contributed by atoms with Crippen molar-refractivity contribution < 1.29 is 33.5 Å². The van der Waals surface area contributed by atoms with Crippen LogP contribution in [0.5, 0.6) is 5.75 Å². The lowest BCUT2D eigenvalue weighted by Crippen LogP contribution is -2.51. The number of nitrogens with two attached hydrogens (primary N) is 1. The number of hydrogen-bond donors (Lipinski definition) is 4. The van der Waals surface area contributed by atoms with Gasteiger partial charge in [-0.2, -0.15) is 0 Å². The predicted molar refractivity (Wildman–Crippen MR) is 146 cm³/mol. The molecule has 13 heteroatoms. The third kappa shape index (κ3) is 5.76. The Balaban J connectivity index is 1.56. The molecule has 0 bridgehead atoms. The average molecular weight is 563 g/mol. The molecule has 2 aliphatic heterocycles. The van der Waals surface area contributed by atoms with Gasteiger partial charge in [0, 0.05) is 11.6 Å². The maximum absolute atomic E-state index is 12.2. The summed E-state index contributed by atoms with van der Waals surface area (Å²) in [5, 5.41) is 26.7. The second-order valence-electron chi connectivity index (χ2n) is 9.11. The number of amidine groups is 1. The highest BCUT2D eigenvalue weighted by atomic mass is 32.5. The Morgan fingerprint density at radius 3 is 2.79 bits per heavy atom. The van der Waals surface area contributed by atoms with Crippen LogP contribution in [0, 0.1) is 0 Å². The molecule has 11 nitrogen and oxygen atoms in total. The Hall–Kier alpha value is -2.83. The number of hydrogen-bond acceptors (Lipinski definition) is 11. The number of esters is 1. The number of nitrogens with one attached hydrogen (secondary N) is 1. The first-order valence-electron chi connectivity index (χ1n) is 11.8. The van der Waals surface area contributed by atoms with Crippen LogP contribution in [0.25, 0.3) is 10.8 Å². The van der Waals surface area contributed by atoms with E-state index in [1.165, 1.54) is 25.0 Å². The van der Waals surface area contributed by atoms with E-state index in [1.54, 1.807) is 19.2 Å². The van der Waals surface area contributed by atoms with Gasteiger partial charge in [-0.3, -0.25) is 4.79 Å². The van der Waals surface area contributed by atoms with Crippen LogP contribution in [0.4, 0.5) is 0 Å². The third-order valence-electron chi connectivity index (χ3n) is 6.25. The topological polar surface area (TPSA) is 148 Å². The molecular formula is C25H31N4O7PS. The smallest absolute Gasteiger partial charge is 0.323 e. The van der Waals surface area contributed by atoms with Gasteiger partial charge in [0.15, 0.2) is 6.23 Å². The lowest BCUT2D eigenvalue weighted by atomic mass is 9.96. The van der Waals surface area contributed by atoms with E-state index in [0.29, 0.717) is 5.75 Å². The molecule has 1 saturated heterocycles. The Morgan fingerprint density at radius 2 is 2.08 bits per heavy atom. The number of carbonyl (C=O) groups excluding carboxylic acids is 1. The molecule has 204 valence electrons. The van der Waals surface area contributed by atoms with Gasteiger partial charge >= 0.3 is 12.6 Å².